The van der Waals surface area contributed by atoms with Crippen LogP contribution >= 0.6 is 0 Å². The van der Waals surface area contributed by atoms with Gasteiger partial charge < -0.3 is 9.67 Å². The molecule has 0 saturated carbocycles. The molecule has 0 aliphatic heterocycles. The highest BCUT2D eigenvalue weighted by molar-refractivity contribution is 7.92. The van der Waals surface area contributed by atoms with Crippen LogP contribution < -0.4 is 4.72 Å². The zero-order valence-electron chi connectivity index (χ0n) is 11.8. The van der Waals surface area contributed by atoms with Crippen LogP contribution in [0.3, 0.4) is 0 Å². The molecule has 0 saturated heterocycles. The van der Waals surface area contributed by atoms with E-state index in [4.69, 9.17) is 5.11 Å². The van der Waals surface area contributed by atoms with Crippen molar-refractivity contribution in [2.45, 2.75) is 18.9 Å². The number of nitrogens with one attached hydrogen (secondary N) is 1. The Labute approximate surface area is 122 Å². The van der Waals surface area contributed by atoms with Crippen LogP contribution in [0.1, 0.15) is 21.7 Å². The van der Waals surface area contributed by atoms with Crippen LogP contribution in [0.15, 0.2) is 29.4 Å². The second-order valence-corrected chi connectivity index (χ2v) is 6.27. The minimum atomic E-state index is -3.94. The minimum Gasteiger partial charge on any atom is -0.478 e. The standard InChI is InChI=1S/C13H15N3O4S/c1-8-5-4-6-10(13(17)18)12(8)15-21(19,20)11-7-16(3)9(2)14-11/h4-7,15H,1-3H3,(H,17,18). The molecule has 1 aromatic carbocycles. The van der Waals surface area contributed by atoms with E-state index >= 15 is 0 Å². The zero-order valence-corrected chi connectivity index (χ0v) is 12.6. The summed E-state index contributed by atoms with van der Waals surface area (Å²) in [6.45, 7) is 3.31. The largest absolute Gasteiger partial charge is 0.478 e. The number of aromatic nitrogens is 2. The molecule has 0 spiro atoms. The molecule has 2 N–H and O–H groups in total. The Hall–Kier alpha value is -2.35. The Balaban J connectivity index is 2.49. The summed E-state index contributed by atoms with van der Waals surface area (Å²) in [5.74, 6) is -0.660. The summed E-state index contributed by atoms with van der Waals surface area (Å²) < 4.78 is 28.5. The van der Waals surface area contributed by atoms with E-state index in [-0.39, 0.29) is 16.3 Å². The van der Waals surface area contributed by atoms with Crippen molar-refractivity contribution in [3.8, 4) is 0 Å². The van der Waals surface area contributed by atoms with Gasteiger partial charge in [-0.25, -0.2) is 9.78 Å². The van der Waals surface area contributed by atoms with E-state index in [1.165, 1.54) is 12.3 Å². The highest BCUT2D eigenvalue weighted by Crippen LogP contribution is 2.24. The van der Waals surface area contributed by atoms with Crippen molar-refractivity contribution >= 4 is 21.7 Å². The lowest BCUT2D eigenvalue weighted by Gasteiger charge is -2.11. The van der Waals surface area contributed by atoms with Crippen molar-refractivity contribution in [2.24, 2.45) is 7.05 Å². The molecule has 0 aliphatic rings. The fraction of sp³-hybridized carbons (Fsp3) is 0.231. The molecule has 2 aromatic rings. The Morgan fingerprint density at radius 2 is 2.00 bits per heavy atom. The van der Waals surface area contributed by atoms with Gasteiger partial charge in [-0.05, 0) is 25.5 Å². The third-order valence-corrected chi connectivity index (χ3v) is 4.32. The van der Waals surface area contributed by atoms with Gasteiger partial charge in [0.2, 0.25) is 0 Å². The minimum absolute atomic E-state index is 0.0494. The molecule has 0 fully saturated rings. The average Bonchev–Trinajstić information content (AvgIpc) is 2.72. The predicted molar refractivity (Wildman–Crippen MR) is 76.9 cm³/mol. The van der Waals surface area contributed by atoms with Gasteiger partial charge in [0.15, 0.2) is 5.03 Å². The smallest absolute Gasteiger partial charge is 0.337 e. The first-order valence-electron chi connectivity index (χ1n) is 6.08. The lowest BCUT2D eigenvalue weighted by molar-refractivity contribution is 0.0698. The molecule has 0 unspecified atom stereocenters. The molecule has 2 rings (SSSR count). The second-order valence-electron chi connectivity index (χ2n) is 4.65. The maximum Gasteiger partial charge on any atom is 0.337 e. The van der Waals surface area contributed by atoms with Crippen LogP contribution in [0.5, 0.6) is 0 Å². The number of carboxylic acids is 1. The van der Waals surface area contributed by atoms with Gasteiger partial charge in [0.1, 0.15) is 5.82 Å². The molecular weight excluding hydrogens is 294 g/mol. The topological polar surface area (TPSA) is 101 Å². The maximum atomic E-state index is 12.3. The van der Waals surface area contributed by atoms with Crippen LogP contribution in [0.4, 0.5) is 5.69 Å². The molecule has 0 radical (unpaired) electrons. The average molecular weight is 309 g/mol. The number of nitrogens with zero attached hydrogens (tertiary/aromatic N) is 2. The molecule has 112 valence electrons. The van der Waals surface area contributed by atoms with Crippen molar-refractivity contribution in [1.29, 1.82) is 0 Å². The van der Waals surface area contributed by atoms with Gasteiger partial charge in [-0.1, -0.05) is 12.1 Å². The van der Waals surface area contributed by atoms with Gasteiger partial charge in [-0.3, -0.25) is 4.72 Å². The number of rotatable bonds is 4. The van der Waals surface area contributed by atoms with E-state index in [1.54, 1.807) is 37.6 Å². The van der Waals surface area contributed by atoms with E-state index < -0.39 is 16.0 Å². The lowest BCUT2D eigenvalue weighted by atomic mass is 10.1. The molecule has 0 bridgehead atoms. The van der Waals surface area contributed by atoms with Crippen molar-refractivity contribution in [3.63, 3.8) is 0 Å². The Bertz CT molecular complexity index is 789. The number of aryl methyl sites for hydroxylation is 3. The predicted octanol–water partition coefficient (Wildman–Crippen LogP) is 1.54. The van der Waals surface area contributed by atoms with Crippen LogP contribution in [0.25, 0.3) is 0 Å². The number of benzene rings is 1. The molecule has 21 heavy (non-hydrogen) atoms. The van der Waals surface area contributed by atoms with Gasteiger partial charge in [0, 0.05) is 13.2 Å². The van der Waals surface area contributed by atoms with Crippen molar-refractivity contribution in [3.05, 3.63) is 41.3 Å². The highest BCUT2D eigenvalue weighted by Gasteiger charge is 2.22. The van der Waals surface area contributed by atoms with E-state index in [1.807, 2.05) is 0 Å². The maximum absolute atomic E-state index is 12.3. The quantitative estimate of drug-likeness (QED) is 0.892. The highest BCUT2D eigenvalue weighted by atomic mass is 32.2. The number of sulfonamides is 1. The van der Waals surface area contributed by atoms with Gasteiger partial charge in [-0.15, -0.1) is 0 Å². The van der Waals surface area contributed by atoms with Gasteiger partial charge >= 0.3 is 5.97 Å². The van der Waals surface area contributed by atoms with Gasteiger partial charge in [-0.2, -0.15) is 8.42 Å². The van der Waals surface area contributed by atoms with Crippen LogP contribution in [-0.2, 0) is 17.1 Å². The molecule has 0 amide bonds. The van der Waals surface area contributed by atoms with Crippen LogP contribution in [0, 0.1) is 13.8 Å². The first kappa shape index (κ1) is 15.0. The van der Waals surface area contributed by atoms with Crippen LogP contribution in [0.2, 0.25) is 0 Å². The zero-order chi connectivity index (χ0) is 15.8. The summed E-state index contributed by atoms with van der Waals surface area (Å²) in [4.78, 5) is 15.1. The molecule has 8 heteroatoms. The van der Waals surface area contributed by atoms with Gasteiger partial charge in [0.25, 0.3) is 10.0 Å². The summed E-state index contributed by atoms with van der Waals surface area (Å²) in [6.07, 6.45) is 1.37. The number of carbonyl (C=O) groups is 1. The summed E-state index contributed by atoms with van der Waals surface area (Å²) >= 11 is 0. The van der Waals surface area contributed by atoms with E-state index in [9.17, 15) is 13.2 Å². The number of hydrogen-bond acceptors (Lipinski definition) is 4. The third kappa shape index (κ3) is 2.89. The van der Waals surface area contributed by atoms with Crippen molar-refractivity contribution < 1.29 is 18.3 Å². The third-order valence-electron chi connectivity index (χ3n) is 3.10. The number of para-hydroxylation sites is 1. The van der Waals surface area contributed by atoms with E-state index in [0.717, 1.165) is 0 Å². The van der Waals surface area contributed by atoms with E-state index in [0.29, 0.717) is 11.4 Å². The van der Waals surface area contributed by atoms with Crippen LogP contribution in [-0.4, -0.2) is 29.0 Å². The molecule has 1 aromatic heterocycles. The number of imidazole rings is 1. The number of carboxylic acid groups (broad SMARTS) is 1. The second kappa shape index (κ2) is 5.21. The normalized spacial score (nSPS) is 11.4. The monoisotopic (exact) mass is 309 g/mol. The van der Waals surface area contributed by atoms with Crippen molar-refractivity contribution in [2.75, 3.05) is 4.72 Å². The first-order chi connectivity index (χ1) is 9.72. The summed E-state index contributed by atoms with van der Waals surface area (Å²) in [5, 5.41) is 9.00. The fourth-order valence-electron chi connectivity index (χ4n) is 1.82. The fourth-order valence-corrected chi connectivity index (χ4v) is 3.02. The lowest BCUT2D eigenvalue weighted by Crippen LogP contribution is -2.17. The molecular formula is C13H15N3O4S. The SMILES string of the molecule is Cc1cccc(C(=O)O)c1NS(=O)(=O)c1cn(C)c(C)n1. The number of hydrogen-bond donors (Lipinski definition) is 2. The molecule has 1 heterocycles. The number of anilines is 1. The summed E-state index contributed by atoms with van der Waals surface area (Å²) in [5.41, 5.74) is 0.464. The summed E-state index contributed by atoms with van der Waals surface area (Å²) in [6, 6.07) is 4.53. The Morgan fingerprint density at radius 1 is 1.33 bits per heavy atom. The number of aromatic carboxylic acids is 1. The first-order valence-corrected chi connectivity index (χ1v) is 7.56. The van der Waals surface area contributed by atoms with Gasteiger partial charge in [0.05, 0.1) is 11.3 Å². The Kier molecular flexibility index (Phi) is 3.73. The Morgan fingerprint density at radius 3 is 2.52 bits per heavy atom. The van der Waals surface area contributed by atoms with Crippen molar-refractivity contribution in [1.82, 2.24) is 9.55 Å². The summed E-state index contributed by atoms with van der Waals surface area (Å²) in [7, 11) is -2.26. The molecule has 0 atom stereocenters. The molecule has 0 aliphatic carbocycles. The van der Waals surface area contributed by atoms with E-state index in [2.05, 4.69) is 9.71 Å². The molecule has 7 nitrogen and oxygen atoms in total.